The Bertz CT molecular complexity index is 837. The van der Waals surface area contributed by atoms with Gasteiger partial charge in [-0.2, -0.15) is 0 Å². The molecule has 1 saturated heterocycles. The molecule has 0 radical (unpaired) electrons. The van der Waals surface area contributed by atoms with Gasteiger partial charge >= 0.3 is 12.1 Å². The minimum atomic E-state index is -0.534. The third kappa shape index (κ3) is 4.76. The second kappa shape index (κ2) is 7.83. The fourth-order valence-corrected chi connectivity index (χ4v) is 2.78. The molecule has 1 N–H and O–H groups in total. The van der Waals surface area contributed by atoms with Gasteiger partial charge in [0.25, 0.3) is 0 Å². The van der Waals surface area contributed by atoms with Gasteiger partial charge in [0.1, 0.15) is 11.9 Å². The van der Waals surface area contributed by atoms with Crippen molar-refractivity contribution in [2.24, 2.45) is 0 Å². The summed E-state index contributed by atoms with van der Waals surface area (Å²) in [5, 5.41) is 14.0. The van der Waals surface area contributed by atoms with Crippen molar-refractivity contribution in [2.75, 3.05) is 31.5 Å². The van der Waals surface area contributed by atoms with Crippen LogP contribution in [-0.4, -0.2) is 73.9 Å². The van der Waals surface area contributed by atoms with E-state index in [1.54, 1.807) is 9.80 Å². The van der Waals surface area contributed by atoms with E-state index in [9.17, 15) is 9.59 Å². The minimum Gasteiger partial charge on any atom is -0.444 e. The molecule has 1 aliphatic rings. The molecule has 0 saturated carbocycles. The van der Waals surface area contributed by atoms with Gasteiger partial charge in [-0.1, -0.05) is 6.07 Å². The summed E-state index contributed by atoms with van der Waals surface area (Å²) in [5.74, 6) is 0. The third-order valence-electron chi connectivity index (χ3n) is 4.29. The number of ether oxygens (including phenoxy) is 1. The molecule has 0 spiro atoms. The van der Waals surface area contributed by atoms with E-state index in [0.29, 0.717) is 31.9 Å². The Hall–Kier alpha value is -3.17. The summed E-state index contributed by atoms with van der Waals surface area (Å²) in [5.41, 5.74) is 1.83. The number of aromatic nitrogens is 4. The molecule has 0 bridgehead atoms. The molecule has 28 heavy (non-hydrogen) atoms. The number of piperazine rings is 1. The van der Waals surface area contributed by atoms with Gasteiger partial charge in [-0.3, -0.25) is 0 Å². The van der Waals surface area contributed by atoms with Crippen LogP contribution in [0.5, 0.6) is 0 Å². The fraction of sp³-hybridized carbons (Fsp3) is 0.500. The summed E-state index contributed by atoms with van der Waals surface area (Å²) < 4.78 is 6.90. The first-order valence-corrected chi connectivity index (χ1v) is 9.11. The third-order valence-corrected chi connectivity index (χ3v) is 4.29. The minimum absolute atomic E-state index is 0.208. The first-order valence-electron chi connectivity index (χ1n) is 9.11. The van der Waals surface area contributed by atoms with Crippen molar-refractivity contribution < 1.29 is 14.3 Å². The van der Waals surface area contributed by atoms with Crippen molar-refractivity contribution in [1.82, 2.24) is 30.0 Å². The number of benzene rings is 1. The number of rotatable bonds is 2. The number of amides is 3. The highest BCUT2D eigenvalue weighted by Crippen LogP contribution is 2.20. The van der Waals surface area contributed by atoms with Crippen LogP contribution in [0.3, 0.4) is 0 Å². The smallest absolute Gasteiger partial charge is 0.410 e. The Kier molecular flexibility index (Phi) is 5.48. The highest BCUT2D eigenvalue weighted by atomic mass is 16.6. The number of hydrogen-bond acceptors (Lipinski definition) is 6. The van der Waals surface area contributed by atoms with Crippen LogP contribution in [0.15, 0.2) is 24.5 Å². The molecule has 1 aromatic carbocycles. The predicted octanol–water partition coefficient (Wildman–Crippen LogP) is 2.06. The largest absolute Gasteiger partial charge is 0.444 e. The van der Waals surface area contributed by atoms with Crippen LogP contribution in [-0.2, 0) is 4.74 Å². The van der Waals surface area contributed by atoms with Gasteiger partial charge in [0.15, 0.2) is 0 Å². The molecule has 3 amide bonds. The van der Waals surface area contributed by atoms with E-state index in [1.165, 1.54) is 11.0 Å². The number of tetrazole rings is 1. The maximum absolute atomic E-state index is 12.7. The summed E-state index contributed by atoms with van der Waals surface area (Å²) in [4.78, 5) is 28.1. The molecule has 1 aromatic heterocycles. The molecule has 150 valence electrons. The lowest BCUT2D eigenvalue weighted by Crippen LogP contribution is -2.52. The van der Waals surface area contributed by atoms with Crippen LogP contribution in [0.25, 0.3) is 5.69 Å². The molecule has 2 heterocycles. The van der Waals surface area contributed by atoms with E-state index in [0.717, 1.165) is 11.3 Å². The van der Waals surface area contributed by atoms with E-state index in [-0.39, 0.29) is 12.1 Å². The Morgan fingerprint density at radius 3 is 2.39 bits per heavy atom. The Labute approximate surface area is 163 Å². The maximum atomic E-state index is 12.7. The number of nitrogens with zero attached hydrogens (tertiary/aromatic N) is 6. The number of nitrogens with one attached hydrogen (secondary N) is 1. The first-order chi connectivity index (χ1) is 13.2. The number of hydrogen-bond donors (Lipinski definition) is 1. The number of carbonyl (C=O) groups excluding carboxylic acids is 2. The first kappa shape index (κ1) is 19.6. The highest BCUT2D eigenvalue weighted by molar-refractivity contribution is 5.90. The normalized spacial score (nSPS) is 14.7. The fourth-order valence-electron chi connectivity index (χ4n) is 2.78. The van der Waals surface area contributed by atoms with Gasteiger partial charge in [-0.25, -0.2) is 14.3 Å². The number of anilines is 1. The molecular weight excluding hydrogens is 362 g/mol. The topological polar surface area (TPSA) is 105 Å². The zero-order chi connectivity index (χ0) is 20.3. The average Bonchev–Trinajstić information content (AvgIpc) is 3.17. The number of aryl methyl sites for hydroxylation is 1. The van der Waals surface area contributed by atoms with Crippen LogP contribution in [0.2, 0.25) is 0 Å². The second-order valence-electron chi connectivity index (χ2n) is 7.64. The van der Waals surface area contributed by atoms with Crippen LogP contribution < -0.4 is 5.32 Å². The molecule has 10 heteroatoms. The number of urea groups is 1. The van der Waals surface area contributed by atoms with Crippen LogP contribution >= 0.6 is 0 Å². The van der Waals surface area contributed by atoms with Gasteiger partial charge in [-0.15, -0.1) is 5.10 Å². The molecular formula is C18H25N7O3. The quantitative estimate of drug-likeness (QED) is 0.845. The zero-order valence-electron chi connectivity index (χ0n) is 16.5. The zero-order valence-corrected chi connectivity index (χ0v) is 16.5. The summed E-state index contributed by atoms with van der Waals surface area (Å²) >= 11 is 0. The summed E-state index contributed by atoms with van der Waals surface area (Å²) in [7, 11) is 0. The highest BCUT2D eigenvalue weighted by Gasteiger charge is 2.27. The molecule has 1 aliphatic heterocycles. The summed E-state index contributed by atoms with van der Waals surface area (Å²) in [6.45, 7) is 9.17. The molecule has 2 aromatic rings. The van der Waals surface area contributed by atoms with Crippen LogP contribution in [0, 0.1) is 6.92 Å². The summed E-state index contributed by atoms with van der Waals surface area (Å²) in [6.07, 6.45) is 1.14. The van der Waals surface area contributed by atoms with Crippen LogP contribution in [0.1, 0.15) is 26.3 Å². The van der Waals surface area contributed by atoms with Gasteiger partial charge < -0.3 is 19.9 Å². The van der Waals surface area contributed by atoms with E-state index >= 15 is 0 Å². The monoisotopic (exact) mass is 387 g/mol. The number of carbonyl (C=O) groups is 2. The lowest BCUT2D eigenvalue weighted by molar-refractivity contribution is 0.0174. The van der Waals surface area contributed by atoms with Gasteiger partial charge in [0.05, 0.1) is 5.69 Å². The Morgan fingerprint density at radius 2 is 1.79 bits per heavy atom. The van der Waals surface area contributed by atoms with Crippen LogP contribution in [0.4, 0.5) is 15.3 Å². The SMILES string of the molecule is Cc1ccc(-n2cnnn2)cc1NC(=O)N1CCN(C(=O)OC(C)(C)C)CC1. The van der Waals surface area contributed by atoms with Gasteiger partial charge in [0.2, 0.25) is 0 Å². The van der Waals surface area contributed by atoms with Crippen molar-refractivity contribution in [2.45, 2.75) is 33.3 Å². The van der Waals surface area contributed by atoms with Crippen molar-refractivity contribution >= 4 is 17.8 Å². The maximum Gasteiger partial charge on any atom is 0.410 e. The molecule has 1 fully saturated rings. The Morgan fingerprint density at radius 1 is 1.11 bits per heavy atom. The van der Waals surface area contributed by atoms with Gasteiger partial charge in [0, 0.05) is 31.9 Å². The molecule has 0 unspecified atom stereocenters. The van der Waals surface area contributed by atoms with E-state index < -0.39 is 5.60 Å². The van der Waals surface area contributed by atoms with Crippen molar-refractivity contribution in [1.29, 1.82) is 0 Å². The lowest BCUT2D eigenvalue weighted by Gasteiger charge is -2.35. The van der Waals surface area contributed by atoms with Gasteiger partial charge in [-0.05, 0) is 55.8 Å². The van der Waals surface area contributed by atoms with E-state index in [2.05, 4.69) is 20.8 Å². The average molecular weight is 387 g/mol. The predicted molar refractivity (Wildman–Crippen MR) is 102 cm³/mol. The van der Waals surface area contributed by atoms with Crippen molar-refractivity contribution in [3.63, 3.8) is 0 Å². The van der Waals surface area contributed by atoms with Crippen molar-refractivity contribution in [3.8, 4) is 5.69 Å². The lowest BCUT2D eigenvalue weighted by atomic mass is 10.2. The van der Waals surface area contributed by atoms with Crippen molar-refractivity contribution in [3.05, 3.63) is 30.1 Å². The van der Waals surface area contributed by atoms with E-state index in [4.69, 9.17) is 4.74 Å². The molecule has 0 atom stereocenters. The molecule has 0 aliphatic carbocycles. The summed E-state index contributed by atoms with van der Waals surface area (Å²) in [6, 6.07) is 5.38. The molecule has 10 nitrogen and oxygen atoms in total. The second-order valence-corrected chi connectivity index (χ2v) is 7.64. The molecule has 3 rings (SSSR count). The van der Waals surface area contributed by atoms with E-state index in [1.807, 2.05) is 45.9 Å². The standard InChI is InChI=1S/C18H25N7O3/c1-13-5-6-14(25-12-19-21-22-25)11-15(13)20-16(26)23-7-9-24(10-8-23)17(27)28-18(2,3)4/h5-6,11-12H,7-10H2,1-4H3,(H,20,26). The Balaban J connectivity index is 1.59.